The topological polar surface area (TPSA) is 40.5 Å². The van der Waals surface area contributed by atoms with E-state index in [0.717, 1.165) is 0 Å². The number of halogens is 3. The Hall–Kier alpha value is -1.45. The van der Waals surface area contributed by atoms with E-state index in [1.807, 2.05) is 24.3 Å². The Bertz CT molecular complexity index is 1460. The third-order valence-corrected chi connectivity index (χ3v) is 6.31. The predicted octanol–water partition coefficient (Wildman–Crippen LogP) is 6.54. The molecule has 30 heavy (non-hydrogen) atoms. The zero-order valence-electron chi connectivity index (χ0n) is 25.2. The highest BCUT2D eigenvalue weighted by atomic mass is 127. The first-order valence-electron chi connectivity index (χ1n) is 13.3. The minimum absolute atomic E-state index is 0.187. The van der Waals surface area contributed by atoms with Crippen LogP contribution >= 0.6 is 54.5 Å². The SMILES string of the molecule is Brc1ccccc1I.[2H]c1c([2H])c([2H])c(-c2ccccc2Br)c([2H])c1[2H].[2H]c1c([2H])c([2H])c(B(O)O)c([2H])c1[2H]. The first kappa shape index (κ1) is 13.9. The Morgan fingerprint density at radius 2 is 1.20 bits per heavy atom. The van der Waals surface area contributed by atoms with Crippen molar-refractivity contribution < 1.29 is 23.8 Å². The van der Waals surface area contributed by atoms with Crippen molar-refractivity contribution in [1.29, 1.82) is 0 Å². The summed E-state index contributed by atoms with van der Waals surface area (Å²) in [6, 6.07) is 10.9. The van der Waals surface area contributed by atoms with Crippen LogP contribution in [-0.4, -0.2) is 17.2 Å². The Morgan fingerprint density at radius 1 is 0.700 bits per heavy atom. The van der Waals surface area contributed by atoms with Crippen molar-refractivity contribution in [1.82, 2.24) is 0 Å². The zero-order valence-corrected chi connectivity index (χ0v) is 20.6. The molecule has 0 fully saturated rings. The molecule has 2 nitrogen and oxygen atoms in total. The second-order valence-electron chi connectivity index (χ2n) is 5.31. The number of benzene rings is 4. The van der Waals surface area contributed by atoms with Crippen molar-refractivity contribution in [2.24, 2.45) is 0 Å². The summed E-state index contributed by atoms with van der Waals surface area (Å²) in [7, 11) is -2.07. The van der Waals surface area contributed by atoms with Gasteiger partial charge in [-0.2, -0.15) is 0 Å². The van der Waals surface area contributed by atoms with E-state index in [1.54, 1.807) is 18.2 Å². The predicted molar refractivity (Wildman–Crippen MR) is 143 cm³/mol. The Labute approximate surface area is 222 Å². The number of rotatable bonds is 2. The Balaban J connectivity index is 0.000000226. The standard InChI is InChI=1S/C12H9Br.C6H7BO2.C6H4BrI/c13-12-9-5-4-8-11(12)10-6-2-1-3-7-10;8-7(9)6-4-2-1-3-5-6;7-5-3-1-2-4-6(5)8/h1-9H;1-5,8-9H;1-4H/i1D,2D,3D,6D,7D;1D,2D,3D,4D,5D;. The molecule has 0 radical (unpaired) electrons. The van der Waals surface area contributed by atoms with Crippen molar-refractivity contribution in [3.63, 3.8) is 0 Å². The molecule has 6 heteroatoms. The van der Waals surface area contributed by atoms with Crippen LogP contribution in [0.1, 0.15) is 13.7 Å². The van der Waals surface area contributed by atoms with Gasteiger partial charge in [-0.25, -0.2) is 0 Å². The minimum Gasteiger partial charge on any atom is -0.423 e. The first-order chi connectivity index (χ1) is 18.6. The Kier molecular flexibility index (Phi) is 6.36. The highest BCUT2D eigenvalue weighted by molar-refractivity contribution is 14.1. The molecule has 0 saturated heterocycles. The van der Waals surface area contributed by atoms with Gasteiger partial charge < -0.3 is 10.0 Å². The van der Waals surface area contributed by atoms with Crippen molar-refractivity contribution in [3.8, 4) is 11.1 Å². The molecule has 0 aliphatic rings. The van der Waals surface area contributed by atoms with Crippen LogP contribution in [0.15, 0.2) is 118 Å². The molecule has 4 aromatic carbocycles. The zero-order chi connectivity index (χ0) is 30.5. The second-order valence-corrected chi connectivity index (χ2v) is 8.18. The smallest absolute Gasteiger partial charge is 0.423 e. The first-order valence-corrected chi connectivity index (χ1v) is 10.9. The maximum Gasteiger partial charge on any atom is 0.488 e. The van der Waals surface area contributed by atoms with Gasteiger partial charge in [0.25, 0.3) is 0 Å². The molecule has 152 valence electrons. The number of hydrogen-bond donors (Lipinski definition) is 2. The maximum atomic E-state index is 8.81. The lowest BCUT2D eigenvalue weighted by Gasteiger charge is -2.02. The third-order valence-electron chi connectivity index (χ3n) is 3.25. The molecule has 0 aliphatic heterocycles. The van der Waals surface area contributed by atoms with Crippen molar-refractivity contribution in [2.45, 2.75) is 0 Å². The molecule has 4 aromatic rings. The van der Waals surface area contributed by atoms with Crippen LogP contribution in [-0.2, 0) is 0 Å². The summed E-state index contributed by atoms with van der Waals surface area (Å²) in [6.45, 7) is 0. The van der Waals surface area contributed by atoms with Gasteiger partial charge in [0, 0.05) is 12.5 Å². The molecule has 0 aliphatic carbocycles. The summed E-state index contributed by atoms with van der Waals surface area (Å²) in [4.78, 5) is 0. The average molecular weight is 648 g/mol. The summed E-state index contributed by atoms with van der Waals surface area (Å²) in [5.74, 6) is 0. The molecule has 4 rings (SSSR count). The number of hydrogen-bond acceptors (Lipinski definition) is 2. The quantitative estimate of drug-likeness (QED) is 0.192. The van der Waals surface area contributed by atoms with E-state index in [9.17, 15) is 0 Å². The van der Waals surface area contributed by atoms with Gasteiger partial charge in [0.15, 0.2) is 0 Å². The van der Waals surface area contributed by atoms with E-state index >= 15 is 0 Å². The van der Waals surface area contributed by atoms with Gasteiger partial charge in [-0.15, -0.1) is 0 Å². The fourth-order valence-electron chi connectivity index (χ4n) is 1.88. The van der Waals surface area contributed by atoms with Crippen LogP contribution in [0.3, 0.4) is 0 Å². The van der Waals surface area contributed by atoms with Crippen LogP contribution in [0.2, 0.25) is 0 Å². The van der Waals surface area contributed by atoms with E-state index < -0.39 is 42.8 Å². The summed E-state index contributed by atoms with van der Waals surface area (Å²) in [5.41, 5.74) is 0.305. The molecular formula is C24H20BBr2IO2. The molecule has 0 aromatic heterocycles. The van der Waals surface area contributed by atoms with Crippen molar-refractivity contribution in [2.75, 3.05) is 0 Å². The van der Waals surface area contributed by atoms with Gasteiger partial charge in [0.2, 0.25) is 0 Å². The molecule has 0 amide bonds. The molecule has 0 spiro atoms. The van der Waals surface area contributed by atoms with Gasteiger partial charge in [-0.1, -0.05) is 107 Å². The van der Waals surface area contributed by atoms with E-state index in [0.29, 0.717) is 10.0 Å². The fourth-order valence-corrected chi connectivity index (χ4v) is 3.03. The van der Waals surface area contributed by atoms with Crippen molar-refractivity contribution in [3.05, 3.63) is 121 Å². The van der Waals surface area contributed by atoms with Crippen LogP contribution in [0, 0.1) is 3.57 Å². The van der Waals surface area contributed by atoms with Gasteiger partial charge in [0.05, 0.1) is 13.7 Å². The van der Waals surface area contributed by atoms with Crippen molar-refractivity contribution >= 4 is 67.0 Å². The average Bonchev–Trinajstić information content (AvgIpc) is 2.92. The Morgan fingerprint density at radius 3 is 1.67 bits per heavy atom. The third kappa shape index (κ3) is 8.74. The molecular weight excluding hydrogens is 618 g/mol. The van der Waals surface area contributed by atoms with Gasteiger partial charge in [0.1, 0.15) is 0 Å². The van der Waals surface area contributed by atoms with E-state index in [2.05, 4.69) is 60.5 Å². The molecule has 0 atom stereocenters. The van der Waals surface area contributed by atoms with Gasteiger partial charge in [-0.3, -0.25) is 0 Å². The summed E-state index contributed by atoms with van der Waals surface area (Å²) >= 11 is 9.00. The van der Waals surface area contributed by atoms with Crippen LogP contribution in [0.25, 0.3) is 11.1 Å². The fraction of sp³-hybridized carbons (Fsp3) is 0. The molecule has 0 saturated carbocycles. The van der Waals surface area contributed by atoms with Gasteiger partial charge in [-0.05, 0) is 73.3 Å². The monoisotopic (exact) mass is 646 g/mol. The minimum atomic E-state index is -2.07. The maximum absolute atomic E-state index is 8.81. The normalized spacial score (nSPS) is 14.2. The highest BCUT2D eigenvalue weighted by Gasteiger charge is 2.07. The molecule has 0 bridgehead atoms. The lowest BCUT2D eigenvalue weighted by atomic mass is 9.81. The summed E-state index contributed by atoms with van der Waals surface area (Å²) < 4.78 is 77.8. The molecule has 0 unspecified atom stereocenters. The van der Waals surface area contributed by atoms with E-state index in [1.165, 1.54) is 8.04 Å². The van der Waals surface area contributed by atoms with Crippen LogP contribution in [0.5, 0.6) is 0 Å². The van der Waals surface area contributed by atoms with Crippen LogP contribution in [0.4, 0.5) is 0 Å². The lowest BCUT2D eigenvalue weighted by molar-refractivity contribution is 0.426. The van der Waals surface area contributed by atoms with Crippen LogP contribution < -0.4 is 5.46 Å². The largest absolute Gasteiger partial charge is 0.488 e. The molecule has 2 N–H and O–H groups in total. The lowest BCUT2D eigenvalue weighted by Crippen LogP contribution is -2.29. The summed E-state index contributed by atoms with van der Waals surface area (Å²) in [6.07, 6.45) is 0. The van der Waals surface area contributed by atoms with Gasteiger partial charge >= 0.3 is 7.12 Å². The highest BCUT2D eigenvalue weighted by Crippen LogP contribution is 2.27. The summed E-state index contributed by atoms with van der Waals surface area (Å²) in [5, 5.41) is 17.6. The van der Waals surface area contributed by atoms with E-state index in [-0.39, 0.29) is 35.8 Å². The van der Waals surface area contributed by atoms with E-state index in [4.69, 9.17) is 23.8 Å². The second kappa shape index (κ2) is 13.8. The molecule has 0 heterocycles.